The fourth-order valence-electron chi connectivity index (χ4n) is 1.34. The van der Waals surface area contributed by atoms with Crippen LogP contribution < -0.4 is 5.32 Å². The fourth-order valence-corrected chi connectivity index (χ4v) is 1.34. The van der Waals surface area contributed by atoms with Crippen molar-refractivity contribution in [1.82, 2.24) is 0 Å². The molecule has 7 heteroatoms. The molecule has 1 rings (SSSR count). The molecule has 0 aliphatic rings. The minimum atomic E-state index is -4.85. The van der Waals surface area contributed by atoms with E-state index in [1.165, 1.54) is 12.1 Å². The zero-order chi connectivity index (χ0) is 13.9. The fraction of sp³-hybridized carbons (Fsp3) is 0.364. The van der Waals surface area contributed by atoms with E-state index in [9.17, 15) is 22.4 Å². The Morgan fingerprint density at radius 2 is 2.06 bits per heavy atom. The van der Waals surface area contributed by atoms with Crippen molar-refractivity contribution >= 4 is 11.7 Å². The third-order valence-corrected chi connectivity index (χ3v) is 2.39. The summed E-state index contributed by atoms with van der Waals surface area (Å²) in [5.74, 6) is -5.11. The van der Waals surface area contributed by atoms with Gasteiger partial charge in [0.1, 0.15) is 5.82 Å². The first-order valence-electron chi connectivity index (χ1n) is 5.01. The molecule has 18 heavy (non-hydrogen) atoms. The van der Waals surface area contributed by atoms with Crippen LogP contribution in [-0.2, 0) is 4.79 Å². The molecule has 0 aromatic heterocycles. The predicted molar refractivity (Wildman–Crippen MR) is 56.8 cm³/mol. The second-order valence-corrected chi connectivity index (χ2v) is 3.77. The van der Waals surface area contributed by atoms with Gasteiger partial charge in [-0.3, -0.25) is 4.79 Å². The Bertz CT molecular complexity index is 445. The highest BCUT2D eigenvalue weighted by Gasteiger charge is 2.44. The molecule has 0 radical (unpaired) electrons. The van der Waals surface area contributed by atoms with Crippen molar-refractivity contribution < 1.29 is 27.5 Å². The quantitative estimate of drug-likeness (QED) is 0.823. The largest absolute Gasteiger partial charge is 0.481 e. The second-order valence-electron chi connectivity index (χ2n) is 3.77. The van der Waals surface area contributed by atoms with Crippen LogP contribution in [-0.4, -0.2) is 23.8 Å². The number of aryl methyl sites for hydroxylation is 1. The van der Waals surface area contributed by atoms with E-state index in [1.54, 1.807) is 6.92 Å². The van der Waals surface area contributed by atoms with Crippen molar-refractivity contribution in [2.75, 3.05) is 11.9 Å². The zero-order valence-corrected chi connectivity index (χ0v) is 9.38. The summed E-state index contributed by atoms with van der Waals surface area (Å²) in [7, 11) is 0. The molecule has 0 saturated carbocycles. The highest BCUT2D eigenvalue weighted by atomic mass is 19.4. The van der Waals surface area contributed by atoms with Crippen molar-refractivity contribution in [1.29, 1.82) is 0 Å². The number of anilines is 1. The standard InChI is InChI=1S/C11H11F4NO2/c1-6-2-3-7(12)4-9(6)16-5-8(10(17)18)11(13,14)15/h2-4,8,16H,5H2,1H3,(H,17,18). The molecule has 0 amide bonds. The number of hydrogen-bond donors (Lipinski definition) is 2. The van der Waals surface area contributed by atoms with Gasteiger partial charge in [0.2, 0.25) is 0 Å². The van der Waals surface area contributed by atoms with Gasteiger partial charge in [-0.05, 0) is 24.6 Å². The molecule has 1 atom stereocenters. The average Bonchev–Trinajstić information content (AvgIpc) is 2.20. The number of carbonyl (C=O) groups is 1. The number of rotatable bonds is 4. The summed E-state index contributed by atoms with van der Waals surface area (Å²) in [4.78, 5) is 10.5. The van der Waals surface area contributed by atoms with Crippen molar-refractivity contribution in [2.45, 2.75) is 13.1 Å². The predicted octanol–water partition coefficient (Wildman–Crippen LogP) is 2.81. The van der Waals surface area contributed by atoms with Crippen LogP contribution in [0.25, 0.3) is 0 Å². The third-order valence-electron chi connectivity index (χ3n) is 2.39. The number of aliphatic carboxylic acids is 1. The van der Waals surface area contributed by atoms with Crippen LogP contribution >= 0.6 is 0 Å². The van der Waals surface area contributed by atoms with Crippen molar-refractivity contribution in [3.05, 3.63) is 29.6 Å². The Balaban J connectivity index is 2.79. The van der Waals surface area contributed by atoms with Crippen LogP contribution in [0.5, 0.6) is 0 Å². The molecule has 3 nitrogen and oxygen atoms in total. The van der Waals surface area contributed by atoms with Gasteiger partial charge in [-0.1, -0.05) is 6.07 Å². The highest BCUT2D eigenvalue weighted by molar-refractivity contribution is 5.72. The maximum absolute atomic E-state index is 12.9. The molecular weight excluding hydrogens is 254 g/mol. The van der Waals surface area contributed by atoms with E-state index in [-0.39, 0.29) is 5.69 Å². The number of halogens is 4. The van der Waals surface area contributed by atoms with Gasteiger partial charge in [-0.25, -0.2) is 4.39 Å². The Morgan fingerprint density at radius 3 is 2.56 bits per heavy atom. The van der Waals surface area contributed by atoms with E-state index < -0.39 is 30.4 Å². The van der Waals surface area contributed by atoms with Gasteiger partial charge in [0.05, 0.1) is 0 Å². The lowest BCUT2D eigenvalue weighted by Crippen LogP contribution is -2.36. The average molecular weight is 265 g/mol. The minimum Gasteiger partial charge on any atom is -0.481 e. The van der Waals surface area contributed by atoms with E-state index in [4.69, 9.17) is 5.11 Å². The summed E-state index contributed by atoms with van der Waals surface area (Å²) in [5.41, 5.74) is 0.674. The molecule has 0 fully saturated rings. The van der Waals surface area contributed by atoms with Crippen LogP contribution in [0, 0.1) is 18.7 Å². The molecule has 1 aromatic rings. The molecule has 100 valence electrons. The van der Waals surface area contributed by atoms with Crippen LogP contribution in [0.15, 0.2) is 18.2 Å². The third kappa shape index (κ3) is 3.61. The number of alkyl halides is 3. The molecule has 0 aliphatic heterocycles. The number of nitrogens with one attached hydrogen (secondary N) is 1. The van der Waals surface area contributed by atoms with E-state index >= 15 is 0 Å². The van der Waals surface area contributed by atoms with Crippen molar-refractivity contribution in [2.24, 2.45) is 5.92 Å². The Morgan fingerprint density at radius 1 is 1.44 bits per heavy atom. The van der Waals surface area contributed by atoms with E-state index in [0.29, 0.717) is 5.56 Å². The molecule has 0 saturated heterocycles. The summed E-state index contributed by atoms with van der Waals surface area (Å²) in [5, 5.41) is 10.8. The Kier molecular flexibility index (Phi) is 4.15. The van der Waals surface area contributed by atoms with Crippen molar-refractivity contribution in [3.63, 3.8) is 0 Å². The van der Waals surface area contributed by atoms with Crippen LogP contribution in [0.4, 0.5) is 23.2 Å². The lowest BCUT2D eigenvalue weighted by Gasteiger charge is -2.18. The SMILES string of the molecule is Cc1ccc(F)cc1NCC(C(=O)O)C(F)(F)F. The first-order valence-corrected chi connectivity index (χ1v) is 5.01. The molecule has 2 N–H and O–H groups in total. The van der Waals surface area contributed by atoms with Gasteiger partial charge in [0, 0.05) is 12.2 Å². The second kappa shape index (κ2) is 5.24. The first-order chi connectivity index (χ1) is 8.21. The highest BCUT2D eigenvalue weighted by Crippen LogP contribution is 2.27. The van der Waals surface area contributed by atoms with Gasteiger partial charge in [0.15, 0.2) is 5.92 Å². The lowest BCUT2D eigenvalue weighted by atomic mass is 10.1. The van der Waals surface area contributed by atoms with E-state index in [1.807, 2.05) is 0 Å². The van der Waals surface area contributed by atoms with Gasteiger partial charge in [-0.15, -0.1) is 0 Å². The molecule has 0 aliphatic carbocycles. The minimum absolute atomic E-state index is 0.144. The molecule has 1 aromatic carbocycles. The number of hydrogen-bond acceptors (Lipinski definition) is 2. The van der Waals surface area contributed by atoms with Crippen LogP contribution in [0.1, 0.15) is 5.56 Å². The summed E-state index contributed by atoms with van der Waals surface area (Å²) < 4.78 is 50.0. The smallest absolute Gasteiger partial charge is 0.403 e. The Hall–Kier alpha value is -1.79. The molecular formula is C11H11F4NO2. The molecule has 0 heterocycles. The topological polar surface area (TPSA) is 49.3 Å². The summed E-state index contributed by atoms with van der Waals surface area (Å²) in [6.45, 7) is 0.730. The zero-order valence-electron chi connectivity index (χ0n) is 9.38. The lowest BCUT2D eigenvalue weighted by molar-refractivity contribution is -0.190. The maximum Gasteiger partial charge on any atom is 0.403 e. The molecule has 1 unspecified atom stereocenters. The summed E-state index contributed by atoms with van der Waals surface area (Å²) in [6, 6.07) is 3.57. The Labute approximate surface area is 100 Å². The monoisotopic (exact) mass is 265 g/mol. The summed E-state index contributed by atoms with van der Waals surface area (Å²) in [6.07, 6.45) is -4.85. The normalized spacial score (nSPS) is 13.2. The maximum atomic E-state index is 12.9. The van der Waals surface area contributed by atoms with Crippen molar-refractivity contribution in [3.8, 4) is 0 Å². The molecule has 0 spiro atoms. The van der Waals surface area contributed by atoms with E-state index in [0.717, 1.165) is 6.07 Å². The van der Waals surface area contributed by atoms with E-state index in [2.05, 4.69) is 5.32 Å². The van der Waals surface area contributed by atoms with Crippen LogP contribution in [0.2, 0.25) is 0 Å². The van der Waals surface area contributed by atoms with Gasteiger partial charge in [-0.2, -0.15) is 13.2 Å². The molecule has 0 bridgehead atoms. The first kappa shape index (κ1) is 14.3. The number of carboxylic acids is 1. The van der Waals surface area contributed by atoms with Gasteiger partial charge < -0.3 is 10.4 Å². The van der Waals surface area contributed by atoms with Crippen LogP contribution in [0.3, 0.4) is 0 Å². The number of carboxylic acid groups (broad SMARTS) is 1. The number of benzene rings is 1. The van der Waals surface area contributed by atoms with Gasteiger partial charge >= 0.3 is 12.1 Å². The van der Waals surface area contributed by atoms with Gasteiger partial charge in [0.25, 0.3) is 0 Å². The summed E-state index contributed by atoms with van der Waals surface area (Å²) >= 11 is 0.